The number of amides is 1. The highest BCUT2D eigenvalue weighted by atomic mass is 19.2. The number of carbonyl (C=O) groups excluding carboxylic acids is 1. The average Bonchev–Trinajstić information content (AvgIpc) is 2.96. The van der Waals surface area contributed by atoms with E-state index in [0.29, 0.717) is 24.8 Å². The molecule has 0 aliphatic carbocycles. The molecule has 1 aliphatic rings. The van der Waals surface area contributed by atoms with E-state index in [9.17, 15) is 18.0 Å². The maximum absolute atomic E-state index is 13.5. The van der Waals surface area contributed by atoms with E-state index in [1.54, 1.807) is 29.2 Å². The van der Waals surface area contributed by atoms with Crippen LogP contribution in [0.3, 0.4) is 0 Å². The van der Waals surface area contributed by atoms with Crippen LogP contribution >= 0.6 is 0 Å². The van der Waals surface area contributed by atoms with Crippen molar-refractivity contribution >= 4 is 11.6 Å². The molecule has 0 unspecified atom stereocenters. The summed E-state index contributed by atoms with van der Waals surface area (Å²) in [6, 6.07) is 8.05. The molecule has 3 nitrogen and oxygen atoms in total. The van der Waals surface area contributed by atoms with E-state index < -0.39 is 17.5 Å². The molecule has 0 bridgehead atoms. The van der Waals surface area contributed by atoms with Gasteiger partial charge in [-0.3, -0.25) is 4.79 Å². The summed E-state index contributed by atoms with van der Waals surface area (Å²) >= 11 is 0. The molecule has 0 aromatic heterocycles. The molecule has 0 spiro atoms. The zero-order valence-electron chi connectivity index (χ0n) is 12.2. The topological polar surface area (TPSA) is 29.5 Å². The zero-order chi connectivity index (χ0) is 16.4. The van der Waals surface area contributed by atoms with Gasteiger partial charge in [-0.05, 0) is 36.8 Å². The van der Waals surface area contributed by atoms with E-state index in [4.69, 9.17) is 4.74 Å². The van der Waals surface area contributed by atoms with Crippen molar-refractivity contribution < 1.29 is 22.7 Å². The smallest absolute Gasteiger partial charge is 0.227 e. The Kier molecular flexibility index (Phi) is 4.23. The third-order valence-corrected chi connectivity index (χ3v) is 3.71. The molecule has 2 aromatic rings. The Bertz CT molecular complexity index is 731. The van der Waals surface area contributed by atoms with Crippen LogP contribution in [0.4, 0.5) is 18.9 Å². The summed E-state index contributed by atoms with van der Waals surface area (Å²) in [6.45, 7) is 0.476. The molecule has 0 radical (unpaired) electrons. The predicted molar refractivity (Wildman–Crippen MR) is 78.7 cm³/mol. The van der Waals surface area contributed by atoms with Crippen LogP contribution in [0, 0.1) is 17.5 Å². The van der Waals surface area contributed by atoms with Gasteiger partial charge in [0.1, 0.15) is 18.2 Å². The second-order valence-corrected chi connectivity index (χ2v) is 5.29. The lowest BCUT2D eigenvalue weighted by Gasteiger charge is -2.16. The van der Waals surface area contributed by atoms with E-state index in [1.807, 2.05) is 0 Å². The monoisotopic (exact) mass is 321 g/mol. The molecular formula is C17H14F3NO2. The molecule has 6 heteroatoms. The fourth-order valence-corrected chi connectivity index (χ4v) is 2.48. The summed E-state index contributed by atoms with van der Waals surface area (Å²) in [5, 5.41) is 0. The lowest BCUT2D eigenvalue weighted by Crippen LogP contribution is -2.23. The van der Waals surface area contributed by atoms with E-state index >= 15 is 0 Å². The van der Waals surface area contributed by atoms with Gasteiger partial charge in [0.15, 0.2) is 11.6 Å². The Labute approximate surface area is 131 Å². The molecule has 1 saturated heterocycles. The van der Waals surface area contributed by atoms with Crippen LogP contribution in [-0.2, 0) is 11.4 Å². The van der Waals surface area contributed by atoms with E-state index in [1.165, 1.54) is 0 Å². The number of ether oxygens (including phenoxy) is 1. The molecule has 1 fully saturated rings. The summed E-state index contributed by atoms with van der Waals surface area (Å²) in [5.41, 5.74) is 0.710. The molecule has 3 rings (SSSR count). The first-order chi connectivity index (χ1) is 11.0. The highest BCUT2D eigenvalue weighted by Crippen LogP contribution is 2.24. The molecule has 0 N–H and O–H groups in total. The Morgan fingerprint density at radius 2 is 1.70 bits per heavy atom. The molecule has 0 atom stereocenters. The van der Waals surface area contributed by atoms with E-state index in [0.717, 1.165) is 18.2 Å². The van der Waals surface area contributed by atoms with Gasteiger partial charge in [0, 0.05) is 30.3 Å². The van der Waals surface area contributed by atoms with Gasteiger partial charge in [0.2, 0.25) is 5.91 Å². The minimum atomic E-state index is -1.23. The van der Waals surface area contributed by atoms with E-state index in [-0.39, 0.29) is 18.1 Å². The number of nitrogens with zero attached hydrogens (tertiary/aromatic N) is 1. The van der Waals surface area contributed by atoms with Gasteiger partial charge in [-0.2, -0.15) is 0 Å². The molecule has 1 amide bonds. The molecule has 23 heavy (non-hydrogen) atoms. The van der Waals surface area contributed by atoms with Crippen molar-refractivity contribution in [1.82, 2.24) is 0 Å². The van der Waals surface area contributed by atoms with Crippen LogP contribution in [0.2, 0.25) is 0 Å². The van der Waals surface area contributed by atoms with Crippen molar-refractivity contribution in [2.24, 2.45) is 0 Å². The second-order valence-electron chi connectivity index (χ2n) is 5.29. The van der Waals surface area contributed by atoms with Crippen molar-refractivity contribution in [2.45, 2.75) is 19.4 Å². The number of benzene rings is 2. The average molecular weight is 321 g/mol. The lowest BCUT2D eigenvalue weighted by molar-refractivity contribution is -0.117. The summed E-state index contributed by atoms with van der Waals surface area (Å²) in [5.74, 6) is -2.67. The molecule has 1 aliphatic heterocycles. The molecule has 2 aromatic carbocycles. The Morgan fingerprint density at radius 3 is 2.35 bits per heavy atom. The van der Waals surface area contributed by atoms with Crippen molar-refractivity contribution in [3.63, 3.8) is 0 Å². The highest BCUT2D eigenvalue weighted by Gasteiger charge is 2.21. The molecule has 0 saturated carbocycles. The number of halogens is 3. The third kappa shape index (κ3) is 3.31. The number of carbonyl (C=O) groups is 1. The standard InChI is InChI=1S/C17H14F3NO2/c18-14-9-16(20)15(19)8-11(14)10-23-13-5-3-12(4-6-13)21-7-1-2-17(21)22/h3-6,8-9H,1-2,7,10H2. The fraction of sp³-hybridized carbons (Fsp3) is 0.235. The number of hydrogen-bond donors (Lipinski definition) is 0. The first-order valence-electron chi connectivity index (χ1n) is 7.21. The van der Waals surface area contributed by atoms with Crippen LogP contribution in [0.15, 0.2) is 36.4 Å². The third-order valence-electron chi connectivity index (χ3n) is 3.71. The fourth-order valence-electron chi connectivity index (χ4n) is 2.48. The van der Waals surface area contributed by atoms with Gasteiger partial charge in [0.05, 0.1) is 0 Å². The highest BCUT2D eigenvalue weighted by molar-refractivity contribution is 5.95. The summed E-state index contributed by atoms with van der Waals surface area (Å²) in [4.78, 5) is 13.3. The molecule has 1 heterocycles. The van der Waals surface area contributed by atoms with Crippen LogP contribution in [0.1, 0.15) is 18.4 Å². The SMILES string of the molecule is O=C1CCCN1c1ccc(OCc2cc(F)c(F)cc2F)cc1. The Morgan fingerprint density at radius 1 is 1.00 bits per heavy atom. The Balaban J connectivity index is 1.67. The summed E-state index contributed by atoms with van der Waals surface area (Å²) in [6.07, 6.45) is 1.39. The van der Waals surface area contributed by atoms with Crippen molar-refractivity contribution in [2.75, 3.05) is 11.4 Å². The van der Waals surface area contributed by atoms with Gasteiger partial charge in [0.25, 0.3) is 0 Å². The number of hydrogen-bond acceptors (Lipinski definition) is 2. The first kappa shape index (κ1) is 15.4. The van der Waals surface area contributed by atoms with Gasteiger partial charge in [-0.15, -0.1) is 0 Å². The van der Waals surface area contributed by atoms with Crippen molar-refractivity contribution in [3.8, 4) is 5.75 Å². The molecular weight excluding hydrogens is 307 g/mol. The number of anilines is 1. The van der Waals surface area contributed by atoms with Crippen LogP contribution in [0.5, 0.6) is 5.75 Å². The maximum atomic E-state index is 13.5. The van der Waals surface area contributed by atoms with Crippen molar-refractivity contribution in [1.29, 1.82) is 0 Å². The normalized spacial score (nSPS) is 14.4. The first-order valence-corrected chi connectivity index (χ1v) is 7.21. The van der Waals surface area contributed by atoms with Crippen molar-refractivity contribution in [3.05, 3.63) is 59.4 Å². The van der Waals surface area contributed by atoms with E-state index in [2.05, 4.69) is 0 Å². The molecule has 120 valence electrons. The van der Waals surface area contributed by atoms with Crippen LogP contribution in [-0.4, -0.2) is 12.5 Å². The van der Waals surface area contributed by atoms with Crippen LogP contribution < -0.4 is 9.64 Å². The quantitative estimate of drug-likeness (QED) is 0.802. The van der Waals surface area contributed by atoms with Gasteiger partial charge in [-0.1, -0.05) is 0 Å². The van der Waals surface area contributed by atoms with Gasteiger partial charge >= 0.3 is 0 Å². The lowest BCUT2D eigenvalue weighted by atomic mass is 10.2. The van der Waals surface area contributed by atoms with Crippen LogP contribution in [0.25, 0.3) is 0 Å². The summed E-state index contributed by atoms with van der Waals surface area (Å²) < 4.78 is 44.9. The minimum absolute atomic E-state index is 0.0669. The van der Waals surface area contributed by atoms with Gasteiger partial charge in [-0.25, -0.2) is 13.2 Å². The minimum Gasteiger partial charge on any atom is -0.489 e. The zero-order valence-corrected chi connectivity index (χ0v) is 12.2. The van der Waals surface area contributed by atoms with Gasteiger partial charge < -0.3 is 9.64 Å². The largest absolute Gasteiger partial charge is 0.489 e. The Hall–Kier alpha value is -2.50. The number of rotatable bonds is 4. The predicted octanol–water partition coefficient (Wildman–Crippen LogP) is 3.81. The summed E-state index contributed by atoms with van der Waals surface area (Å²) in [7, 11) is 0. The maximum Gasteiger partial charge on any atom is 0.227 e. The second kappa shape index (κ2) is 6.32.